The van der Waals surface area contributed by atoms with Crippen molar-refractivity contribution in [3.63, 3.8) is 0 Å². The van der Waals surface area contributed by atoms with Gasteiger partial charge in [-0.2, -0.15) is 0 Å². The first kappa shape index (κ1) is 24.1. The molecule has 5 rings (SSSR count). The van der Waals surface area contributed by atoms with Crippen molar-refractivity contribution in [1.82, 2.24) is 0 Å². The van der Waals surface area contributed by atoms with Crippen LogP contribution < -0.4 is 15.9 Å². The van der Waals surface area contributed by atoms with Crippen molar-refractivity contribution < 1.29 is 19.9 Å². The van der Waals surface area contributed by atoms with Crippen molar-refractivity contribution in [1.29, 1.82) is 0 Å². The predicted molar refractivity (Wildman–Crippen MR) is 139 cm³/mol. The maximum atomic E-state index is 6.13. The smallest absolute Gasteiger partial charge is 0.217 e. The van der Waals surface area contributed by atoms with Crippen LogP contribution in [0.25, 0.3) is 0 Å². The molecule has 0 N–H and O–H groups in total. The van der Waals surface area contributed by atoms with Gasteiger partial charge in [-0.1, -0.05) is 109 Å². The van der Waals surface area contributed by atoms with E-state index in [1.54, 1.807) is 0 Å². The molecule has 0 saturated carbocycles. The number of rotatable bonds is 5. The largest absolute Gasteiger partial charge is 0.475 e. The topological polar surface area (TPSA) is 21.6 Å². The number of aliphatic imine (C=N–C) groups is 1. The minimum Gasteiger partial charge on any atom is -0.475 e. The molecule has 0 radical (unpaired) electrons. The molecule has 2 nitrogen and oxygen atoms in total. The van der Waals surface area contributed by atoms with Crippen LogP contribution in [0.1, 0.15) is 17.2 Å². The van der Waals surface area contributed by atoms with E-state index in [0.29, 0.717) is 6.61 Å². The van der Waals surface area contributed by atoms with Gasteiger partial charge in [0.15, 0.2) is 0 Å². The van der Waals surface area contributed by atoms with Gasteiger partial charge in [0.1, 0.15) is 12.6 Å². The first-order valence-corrected chi connectivity index (χ1v) is 19.8. The zero-order valence-electron chi connectivity index (χ0n) is 18.0. The molecule has 1 aliphatic heterocycles. The molecular formula is C27H22Cl2NOPZn. The summed E-state index contributed by atoms with van der Waals surface area (Å²) in [4.78, 5) is 4.96. The van der Waals surface area contributed by atoms with E-state index in [1.165, 1.54) is 21.5 Å². The molecule has 0 unspecified atom stereocenters. The molecule has 0 spiro atoms. The molecule has 1 heterocycles. The summed E-state index contributed by atoms with van der Waals surface area (Å²) in [6, 6.07) is 40.5. The van der Waals surface area contributed by atoms with Crippen LogP contribution in [0.2, 0.25) is 0 Å². The van der Waals surface area contributed by atoms with Crippen LogP contribution in [0.5, 0.6) is 0 Å². The summed E-state index contributed by atoms with van der Waals surface area (Å²) in [6.45, 7) is 0.586. The second kappa shape index (κ2) is 12.4. The number of hydrogen-bond donors (Lipinski definition) is 0. The Morgan fingerprint density at radius 2 is 1.18 bits per heavy atom. The van der Waals surface area contributed by atoms with Crippen LogP contribution in [0.4, 0.5) is 0 Å². The molecule has 6 heteroatoms. The zero-order chi connectivity index (χ0) is 22.9. The average molecular weight is 544 g/mol. The van der Waals surface area contributed by atoms with Gasteiger partial charge < -0.3 is 4.74 Å². The second-order valence-corrected chi connectivity index (χ2v) is 14.1. The van der Waals surface area contributed by atoms with Gasteiger partial charge in [-0.05, 0) is 35.5 Å². The summed E-state index contributed by atoms with van der Waals surface area (Å²) in [5.74, 6) is 0.749. The van der Waals surface area contributed by atoms with Crippen LogP contribution in [-0.4, -0.2) is 12.5 Å². The molecule has 4 aromatic carbocycles. The molecule has 0 aliphatic carbocycles. The normalized spacial score (nSPS) is 14.5. The molecule has 4 aromatic rings. The van der Waals surface area contributed by atoms with E-state index in [2.05, 4.69) is 109 Å². The Kier molecular flexibility index (Phi) is 9.10. The molecule has 0 saturated heterocycles. The Hall–Kier alpha value is -2.02. The Balaban J connectivity index is 0.000000821. The number of nitrogens with zero attached hydrogens (tertiary/aromatic N) is 1. The fourth-order valence-corrected chi connectivity index (χ4v) is 6.24. The predicted octanol–water partition coefficient (Wildman–Crippen LogP) is 6.34. The number of hydrogen-bond acceptors (Lipinski definition) is 2. The molecule has 162 valence electrons. The van der Waals surface area contributed by atoms with E-state index in [0.717, 1.165) is 11.5 Å². The minimum atomic E-state index is -0.931. The van der Waals surface area contributed by atoms with Crippen LogP contribution in [0.3, 0.4) is 0 Å². The van der Waals surface area contributed by atoms with Crippen LogP contribution in [0.15, 0.2) is 120 Å². The summed E-state index contributed by atoms with van der Waals surface area (Å²) in [5, 5.41) is 3.92. The Labute approximate surface area is 212 Å². The number of ether oxygens (including phenoxy) is 1. The van der Waals surface area contributed by atoms with E-state index in [9.17, 15) is 0 Å². The fourth-order valence-electron chi connectivity index (χ4n) is 3.80. The fraction of sp³-hybridized carbons (Fsp3) is 0.0741. The SMILES string of the molecule is [Cl][Zn][Cl].c1ccc([C@H]2COC(c3ccccc3P(c3ccccc3)c3ccccc3)=N2)cc1. The van der Waals surface area contributed by atoms with Crippen LogP contribution in [-0.2, 0) is 19.9 Å². The first-order valence-electron chi connectivity index (χ1n) is 10.7. The molecular weight excluding hydrogens is 522 g/mol. The first-order chi connectivity index (χ1) is 16.3. The third-order valence-corrected chi connectivity index (χ3v) is 7.74. The van der Waals surface area contributed by atoms with Crippen molar-refractivity contribution in [3.8, 4) is 0 Å². The van der Waals surface area contributed by atoms with Gasteiger partial charge in [0, 0.05) is 5.56 Å². The van der Waals surface area contributed by atoms with Crippen molar-refractivity contribution >= 4 is 49.1 Å². The van der Waals surface area contributed by atoms with Gasteiger partial charge in [-0.25, -0.2) is 4.99 Å². The van der Waals surface area contributed by atoms with Crippen LogP contribution >= 0.6 is 27.3 Å². The van der Waals surface area contributed by atoms with E-state index >= 15 is 0 Å². The molecule has 1 aliphatic rings. The maximum Gasteiger partial charge on any atom is 0.217 e. The Bertz CT molecular complexity index is 1140. The minimum absolute atomic E-state index is 0.0499. The quantitative estimate of drug-likeness (QED) is 0.213. The molecule has 0 bridgehead atoms. The van der Waals surface area contributed by atoms with Crippen molar-refractivity contribution in [2.24, 2.45) is 4.99 Å². The molecule has 0 amide bonds. The zero-order valence-corrected chi connectivity index (χ0v) is 23.4. The number of halogens is 2. The van der Waals surface area contributed by atoms with E-state index in [-0.39, 0.29) is 6.04 Å². The van der Waals surface area contributed by atoms with Crippen molar-refractivity contribution in [2.45, 2.75) is 6.04 Å². The maximum absolute atomic E-state index is 6.13. The molecule has 0 fully saturated rings. The summed E-state index contributed by atoms with van der Waals surface area (Å²) in [5.41, 5.74) is 2.29. The standard InChI is InChI=1S/C27H22NOP.2ClH.Zn/c1-4-12-21(13-5-1)25-20-29-27(28-25)24-18-10-11-19-26(24)30(22-14-6-2-7-15-22)23-16-8-3-9-17-23;;;/h1-19,25H,20H2;2*1H;/q;;;+2/p-2/t25-;;;/m1.../s1. The summed E-state index contributed by atoms with van der Waals surface area (Å²) >= 11 is -0.931. The van der Waals surface area contributed by atoms with Crippen molar-refractivity contribution in [3.05, 3.63) is 126 Å². The van der Waals surface area contributed by atoms with Gasteiger partial charge in [-0.3, -0.25) is 0 Å². The van der Waals surface area contributed by atoms with Gasteiger partial charge in [-0.15, -0.1) is 0 Å². The summed E-state index contributed by atoms with van der Waals surface area (Å²) in [7, 11) is 9.19. The third-order valence-electron chi connectivity index (χ3n) is 5.24. The molecule has 1 atom stereocenters. The molecule has 33 heavy (non-hydrogen) atoms. The Morgan fingerprint density at radius 1 is 0.697 bits per heavy atom. The average Bonchev–Trinajstić information content (AvgIpc) is 3.37. The molecule has 0 aromatic heterocycles. The van der Waals surface area contributed by atoms with Crippen molar-refractivity contribution in [2.75, 3.05) is 6.61 Å². The summed E-state index contributed by atoms with van der Waals surface area (Å²) in [6.07, 6.45) is 0. The van der Waals surface area contributed by atoms with E-state index in [1.807, 2.05) is 6.07 Å². The van der Waals surface area contributed by atoms with Gasteiger partial charge >= 0.3 is 34.5 Å². The third kappa shape index (κ3) is 6.11. The van der Waals surface area contributed by atoms with Crippen LogP contribution in [0, 0.1) is 0 Å². The van der Waals surface area contributed by atoms with E-state index < -0.39 is 23.1 Å². The monoisotopic (exact) mass is 541 g/mol. The second-order valence-electron chi connectivity index (χ2n) is 7.30. The van der Waals surface area contributed by atoms with Gasteiger partial charge in [0.25, 0.3) is 0 Å². The Morgan fingerprint density at radius 3 is 1.76 bits per heavy atom. The van der Waals surface area contributed by atoms with E-state index in [4.69, 9.17) is 29.1 Å². The van der Waals surface area contributed by atoms with Gasteiger partial charge in [0.05, 0.1) is 0 Å². The van der Waals surface area contributed by atoms with Gasteiger partial charge in [0.2, 0.25) is 5.90 Å². The number of benzene rings is 4. The summed E-state index contributed by atoms with van der Waals surface area (Å²) < 4.78 is 6.13.